The van der Waals surface area contributed by atoms with E-state index in [9.17, 15) is 4.39 Å². The summed E-state index contributed by atoms with van der Waals surface area (Å²) in [4.78, 5) is 0.240. The zero-order valence-electron chi connectivity index (χ0n) is 11.4. The molecule has 0 aliphatic carbocycles. The molecule has 2 aromatic carbocycles. The molecule has 0 atom stereocenters. The van der Waals surface area contributed by atoms with Crippen molar-refractivity contribution in [3.8, 4) is 5.75 Å². The zero-order valence-corrected chi connectivity index (χ0v) is 12.3. The minimum Gasteiger partial charge on any atom is -0.489 e. The van der Waals surface area contributed by atoms with Crippen LogP contribution in [0.4, 0.5) is 4.39 Å². The van der Waals surface area contributed by atoms with Crippen LogP contribution < -0.4 is 10.5 Å². The summed E-state index contributed by atoms with van der Waals surface area (Å²) in [6.45, 7) is 4.24. The fourth-order valence-corrected chi connectivity index (χ4v) is 2.16. The first-order chi connectivity index (χ1) is 9.49. The topological polar surface area (TPSA) is 35.2 Å². The highest BCUT2D eigenvalue weighted by atomic mass is 32.1. The van der Waals surface area contributed by atoms with Crippen LogP contribution in [0.3, 0.4) is 0 Å². The molecule has 0 saturated heterocycles. The van der Waals surface area contributed by atoms with Gasteiger partial charge in [0.05, 0.1) is 0 Å². The number of hydrogen-bond acceptors (Lipinski definition) is 2. The highest BCUT2D eigenvalue weighted by Crippen LogP contribution is 2.22. The Morgan fingerprint density at radius 3 is 2.70 bits per heavy atom. The van der Waals surface area contributed by atoms with Crippen molar-refractivity contribution in [3.05, 3.63) is 64.5 Å². The SMILES string of the molecule is Cc1cccc(OCc2cc(F)ccc2C(N)=S)c1C. The van der Waals surface area contributed by atoms with Gasteiger partial charge in [-0.15, -0.1) is 0 Å². The lowest BCUT2D eigenvalue weighted by atomic mass is 10.1. The summed E-state index contributed by atoms with van der Waals surface area (Å²) in [6.07, 6.45) is 0. The van der Waals surface area contributed by atoms with E-state index >= 15 is 0 Å². The molecule has 0 unspecified atom stereocenters. The van der Waals surface area contributed by atoms with Crippen LogP contribution in [0.15, 0.2) is 36.4 Å². The summed E-state index contributed by atoms with van der Waals surface area (Å²) in [5.74, 6) is 0.452. The molecule has 4 heteroatoms. The molecule has 0 aliphatic heterocycles. The Bertz CT molecular complexity index is 655. The first-order valence-corrected chi connectivity index (χ1v) is 6.67. The Balaban J connectivity index is 2.24. The average Bonchev–Trinajstić information content (AvgIpc) is 2.40. The highest BCUT2D eigenvalue weighted by molar-refractivity contribution is 7.80. The van der Waals surface area contributed by atoms with Crippen LogP contribution in [-0.4, -0.2) is 4.99 Å². The molecule has 2 N–H and O–H groups in total. The average molecular weight is 289 g/mol. The number of ether oxygens (including phenoxy) is 1. The van der Waals surface area contributed by atoms with Gasteiger partial charge < -0.3 is 10.5 Å². The van der Waals surface area contributed by atoms with Crippen LogP contribution in [0.2, 0.25) is 0 Å². The molecule has 2 aromatic rings. The molecule has 104 valence electrons. The monoisotopic (exact) mass is 289 g/mol. The number of nitrogens with two attached hydrogens (primary N) is 1. The van der Waals surface area contributed by atoms with Crippen LogP contribution in [0.1, 0.15) is 22.3 Å². The lowest BCUT2D eigenvalue weighted by Crippen LogP contribution is -2.14. The summed E-state index contributed by atoms with van der Waals surface area (Å²) < 4.78 is 19.1. The lowest BCUT2D eigenvalue weighted by molar-refractivity contribution is 0.303. The van der Waals surface area contributed by atoms with Crippen LogP contribution >= 0.6 is 12.2 Å². The first-order valence-electron chi connectivity index (χ1n) is 6.26. The predicted molar refractivity (Wildman–Crippen MR) is 82.5 cm³/mol. The second kappa shape index (κ2) is 6.01. The van der Waals surface area contributed by atoms with Gasteiger partial charge in [0.15, 0.2) is 0 Å². The van der Waals surface area contributed by atoms with Crippen molar-refractivity contribution < 1.29 is 9.13 Å². The molecule has 0 spiro atoms. The molecule has 20 heavy (non-hydrogen) atoms. The largest absolute Gasteiger partial charge is 0.489 e. The van der Waals surface area contributed by atoms with E-state index in [-0.39, 0.29) is 17.4 Å². The summed E-state index contributed by atoms with van der Waals surface area (Å²) in [6, 6.07) is 10.2. The predicted octanol–water partition coefficient (Wildman–Crippen LogP) is 3.66. The van der Waals surface area contributed by atoms with Gasteiger partial charge in [-0.2, -0.15) is 0 Å². The normalized spacial score (nSPS) is 10.3. The minimum atomic E-state index is -0.329. The Kier molecular flexibility index (Phi) is 4.35. The zero-order chi connectivity index (χ0) is 14.7. The third kappa shape index (κ3) is 3.14. The van der Waals surface area contributed by atoms with Crippen molar-refractivity contribution >= 4 is 17.2 Å². The second-order valence-electron chi connectivity index (χ2n) is 4.65. The van der Waals surface area contributed by atoms with Crippen molar-refractivity contribution in [1.29, 1.82) is 0 Å². The van der Waals surface area contributed by atoms with Crippen LogP contribution in [-0.2, 0) is 6.61 Å². The van der Waals surface area contributed by atoms with Gasteiger partial charge in [0.25, 0.3) is 0 Å². The second-order valence-corrected chi connectivity index (χ2v) is 5.09. The van der Waals surface area contributed by atoms with E-state index in [4.69, 9.17) is 22.7 Å². The van der Waals surface area contributed by atoms with Crippen LogP contribution in [0, 0.1) is 19.7 Å². The number of halogens is 1. The van der Waals surface area contributed by atoms with Gasteiger partial charge in [0.1, 0.15) is 23.2 Å². The maximum atomic E-state index is 13.3. The molecular formula is C16H16FNOS. The van der Waals surface area contributed by atoms with Gasteiger partial charge in [-0.1, -0.05) is 24.4 Å². The molecule has 0 aliphatic rings. The standard InChI is InChI=1S/C16H16FNOS/c1-10-4-3-5-15(11(10)2)19-9-12-8-13(17)6-7-14(12)16(18)20/h3-8H,9H2,1-2H3,(H2,18,20). The fraction of sp³-hybridized carbons (Fsp3) is 0.188. The van der Waals surface area contributed by atoms with E-state index in [0.717, 1.165) is 16.9 Å². The smallest absolute Gasteiger partial charge is 0.123 e. The Morgan fingerprint density at radius 2 is 2.00 bits per heavy atom. The Labute approximate surface area is 123 Å². The third-order valence-electron chi connectivity index (χ3n) is 3.27. The van der Waals surface area contributed by atoms with Gasteiger partial charge in [0.2, 0.25) is 0 Å². The third-order valence-corrected chi connectivity index (χ3v) is 3.49. The van der Waals surface area contributed by atoms with Gasteiger partial charge in [-0.25, -0.2) is 4.39 Å². The maximum Gasteiger partial charge on any atom is 0.123 e. The molecule has 0 saturated carbocycles. The van der Waals surface area contributed by atoms with Crippen molar-refractivity contribution in [2.45, 2.75) is 20.5 Å². The van der Waals surface area contributed by atoms with Crippen molar-refractivity contribution in [2.24, 2.45) is 5.73 Å². The lowest BCUT2D eigenvalue weighted by Gasteiger charge is -2.13. The molecule has 0 aromatic heterocycles. The number of rotatable bonds is 4. The van der Waals surface area contributed by atoms with Crippen LogP contribution in [0.25, 0.3) is 0 Å². The number of hydrogen-bond donors (Lipinski definition) is 1. The molecule has 0 amide bonds. The Hall–Kier alpha value is -1.94. The van der Waals surface area contributed by atoms with Crippen LogP contribution in [0.5, 0.6) is 5.75 Å². The van der Waals surface area contributed by atoms with Crippen molar-refractivity contribution in [1.82, 2.24) is 0 Å². The van der Waals surface area contributed by atoms with E-state index < -0.39 is 0 Å². The summed E-state index contributed by atoms with van der Waals surface area (Å²) in [7, 11) is 0. The molecule has 0 radical (unpaired) electrons. The molecule has 0 fully saturated rings. The van der Waals surface area contributed by atoms with Gasteiger partial charge in [-0.05, 0) is 49.2 Å². The molecular weight excluding hydrogens is 273 g/mol. The molecule has 0 bridgehead atoms. The number of thiocarbonyl (C=S) groups is 1. The van der Waals surface area contributed by atoms with E-state index in [2.05, 4.69) is 0 Å². The summed E-state index contributed by atoms with van der Waals surface area (Å²) >= 11 is 4.97. The van der Waals surface area contributed by atoms with Gasteiger partial charge in [-0.3, -0.25) is 0 Å². The fourth-order valence-electron chi connectivity index (χ4n) is 1.96. The molecule has 0 heterocycles. The number of aryl methyl sites for hydroxylation is 1. The van der Waals surface area contributed by atoms with E-state index in [1.54, 1.807) is 6.07 Å². The van der Waals surface area contributed by atoms with Crippen molar-refractivity contribution in [2.75, 3.05) is 0 Å². The number of benzene rings is 2. The first kappa shape index (κ1) is 14.5. The molecule has 2 nitrogen and oxygen atoms in total. The van der Waals surface area contributed by atoms with Crippen molar-refractivity contribution in [3.63, 3.8) is 0 Å². The van der Waals surface area contributed by atoms with Gasteiger partial charge >= 0.3 is 0 Å². The van der Waals surface area contributed by atoms with E-state index in [1.807, 2.05) is 32.0 Å². The van der Waals surface area contributed by atoms with Gasteiger partial charge in [0, 0.05) is 11.1 Å². The maximum absolute atomic E-state index is 13.3. The summed E-state index contributed by atoms with van der Waals surface area (Å²) in [5, 5.41) is 0. The van der Waals surface area contributed by atoms with E-state index in [1.165, 1.54) is 12.1 Å². The molecule has 2 rings (SSSR count). The highest BCUT2D eigenvalue weighted by Gasteiger charge is 2.09. The Morgan fingerprint density at radius 1 is 1.25 bits per heavy atom. The summed E-state index contributed by atoms with van der Waals surface area (Å²) in [5.41, 5.74) is 9.16. The quantitative estimate of drug-likeness (QED) is 0.873. The van der Waals surface area contributed by atoms with E-state index in [0.29, 0.717) is 11.1 Å². The minimum absolute atomic E-state index is 0.231.